The van der Waals surface area contributed by atoms with E-state index >= 15 is 0 Å². The molecule has 0 saturated carbocycles. The SMILES string of the molecule is CCn1c(=O)c2cnc(S(C)(=O)=O)nc2n1-c1cccc(F)n1. The minimum atomic E-state index is -3.65. The summed E-state index contributed by atoms with van der Waals surface area (Å²) < 4.78 is 39.3. The lowest BCUT2D eigenvalue weighted by atomic mass is 10.4. The predicted molar refractivity (Wildman–Crippen MR) is 79.7 cm³/mol. The molecular formula is C13H12FN5O3S. The monoisotopic (exact) mass is 337 g/mol. The Morgan fingerprint density at radius 3 is 2.61 bits per heavy atom. The molecule has 0 N–H and O–H groups in total. The van der Waals surface area contributed by atoms with Crippen molar-refractivity contribution in [3.05, 3.63) is 40.7 Å². The van der Waals surface area contributed by atoms with Gasteiger partial charge in [0.25, 0.3) is 5.56 Å². The molecule has 0 bridgehead atoms. The minimum absolute atomic E-state index is 0.0605. The van der Waals surface area contributed by atoms with Gasteiger partial charge < -0.3 is 0 Å². The third-order valence-corrected chi connectivity index (χ3v) is 4.06. The van der Waals surface area contributed by atoms with Gasteiger partial charge in [0.15, 0.2) is 11.5 Å². The third kappa shape index (κ3) is 2.50. The first kappa shape index (κ1) is 15.3. The van der Waals surface area contributed by atoms with Crippen LogP contribution in [0.3, 0.4) is 0 Å². The highest BCUT2D eigenvalue weighted by atomic mass is 32.2. The first-order valence-electron chi connectivity index (χ1n) is 6.64. The van der Waals surface area contributed by atoms with Gasteiger partial charge in [0.2, 0.25) is 20.9 Å². The zero-order chi connectivity index (χ0) is 16.8. The molecule has 0 atom stereocenters. The van der Waals surface area contributed by atoms with Crippen molar-refractivity contribution in [3.8, 4) is 5.82 Å². The molecule has 8 nitrogen and oxygen atoms in total. The van der Waals surface area contributed by atoms with Gasteiger partial charge in [0, 0.05) is 19.0 Å². The highest BCUT2D eigenvalue weighted by molar-refractivity contribution is 7.90. The Morgan fingerprint density at radius 2 is 2.00 bits per heavy atom. The zero-order valence-corrected chi connectivity index (χ0v) is 13.1. The maximum atomic E-state index is 13.4. The van der Waals surface area contributed by atoms with Gasteiger partial charge in [-0.25, -0.2) is 27.7 Å². The number of pyridine rings is 1. The lowest BCUT2D eigenvalue weighted by Gasteiger charge is -2.09. The standard InChI is InChI=1S/C13H12FN5O3S/c1-3-18-12(20)8-7-15-13(23(2,21)22)17-11(8)19(18)10-6-4-5-9(14)16-10/h4-7H,3H2,1-2H3. The van der Waals surface area contributed by atoms with Gasteiger partial charge in [-0.3, -0.25) is 4.79 Å². The molecule has 10 heteroatoms. The highest BCUT2D eigenvalue weighted by Crippen LogP contribution is 2.15. The van der Waals surface area contributed by atoms with E-state index in [4.69, 9.17) is 0 Å². The smallest absolute Gasteiger partial charge is 0.267 e. The topological polar surface area (TPSA) is 99.7 Å². The second kappa shape index (κ2) is 5.23. The van der Waals surface area contributed by atoms with Crippen molar-refractivity contribution in [2.75, 3.05) is 6.26 Å². The van der Waals surface area contributed by atoms with Crippen molar-refractivity contribution in [2.45, 2.75) is 18.6 Å². The first-order valence-corrected chi connectivity index (χ1v) is 8.53. The van der Waals surface area contributed by atoms with Crippen molar-refractivity contribution in [1.29, 1.82) is 0 Å². The molecule has 3 aromatic rings. The van der Waals surface area contributed by atoms with Crippen molar-refractivity contribution in [1.82, 2.24) is 24.3 Å². The number of halogens is 1. The molecule has 0 aliphatic rings. The number of rotatable bonds is 3. The van der Waals surface area contributed by atoms with Crippen LogP contribution in [0, 0.1) is 5.95 Å². The van der Waals surface area contributed by atoms with Crippen LogP contribution in [0.25, 0.3) is 16.9 Å². The summed E-state index contributed by atoms with van der Waals surface area (Å²) in [6.07, 6.45) is 2.12. The maximum absolute atomic E-state index is 13.4. The Labute approximate surface area is 130 Å². The van der Waals surface area contributed by atoms with Crippen LogP contribution in [0.2, 0.25) is 0 Å². The fourth-order valence-corrected chi connectivity index (χ4v) is 2.72. The van der Waals surface area contributed by atoms with Gasteiger partial charge >= 0.3 is 0 Å². The van der Waals surface area contributed by atoms with Crippen molar-refractivity contribution >= 4 is 20.9 Å². The summed E-state index contributed by atoms with van der Waals surface area (Å²) in [5, 5.41) is -0.284. The molecule has 3 aromatic heterocycles. The summed E-state index contributed by atoms with van der Waals surface area (Å²) in [5.41, 5.74) is -0.348. The van der Waals surface area contributed by atoms with E-state index in [9.17, 15) is 17.6 Å². The van der Waals surface area contributed by atoms with Gasteiger partial charge in [-0.2, -0.15) is 9.37 Å². The molecule has 3 heterocycles. The zero-order valence-electron chi connectivity index (χ0n) is 12.3. The minimum Gasteiger partial charge on any atom is -0.267 e. The molecule has 0 unspecified atom stereocenters. The summed E-state index contributed by atoms with van der Waals surface area (Å²) in [4.78, 5) is 23.8. The molecule has 0 spiro atoms. The first-order chi connectivity index (χ1) is 10.8. The van der Waals surface area contributed by atoms with E-state index in [1.165, 1.54) is 27.6 Å². The largest absolute Gasteiger partial charge is 0.278 e. The summed E-state index contributed by atoms with van der Waals surface area (Å²) in [5.74, 6) is -0.603. The second-order valence-corrected chi connectivity index (χ2v) is 6.72. The molecule has 0 aliphatic carbocycles. The van der Waals surface area contributed by atoms with Gasteiger partial charge in [0.1, 0.15) is 5.39 Å². The molecule has 0 radical (unpaired) electrons. The summed E-state index contributed by atoms with van der Waals surface area (Å²) in [7, 11) is -3.65. The molecule has 120 valence electrons. The summed E-state index contributed by atoms with van der Waals surface area (Å²) >= 11 is 0. The maximum Gasteiger partial charge on any atom is 0.278 e. The quantitative estimate of drug-likeness (QED) is 0.511. The Morgan fingerprint density at radius 1 is 1.26 bits per heavy atom. The number of nitrogens with zero attached hydrogens (tertiary/aromatic N) is 5. The van der Waals surface area contributed by atoms with Crippen molar-refractivity contribution < 1.29 is 12.8 Å². The Hall–Kier alpha value is -2.62. The Bertz CT molecular complexity index is 1070. The number of aromatic nitrogens is 5. The number of hydrogen-bond donors (Lipinski definition) is 0. The third-order valence-electron chi connectivity index (χ3n) is 3.20. The molecule has 0 saturated heterocycles. The van der Waals surface area contributed by atoms with Gasteiger partial charge in [-0.1, -0.05) is 6.07 Å². The van der Waals surface area contributed by atoms with Crippen LogP contribution in [-0.4, -0.2) is 39.0 Å². The number of hydrogen-bond acceptors (Lipinski definition) is 6. The lowest BCUT2D eigenvalue weighted by molar-refractivity contribution is 0.542. The Balaban J connectivity index is 2.45. The van der Waals surface area contributed by atoms with Crippen molar-refractivity contribution in [3.63, 3.8) is 0 Å². The van der Waals surface area contributed by atoms with Gasteiger partial charge in [0.05, 0.1) is 0 Å². The molecule has 0 aliphatic heterocycles. The molecule has 0 amide bonds. The van der Waals surface area contributed by atoms with Gasteiger partial charge in [-0.15, -0.1) is 0 Å². The van der Waals surface area contributed by atoms with Crippen LogP contribution in [0.1, 0.15) is 6.92 Å². The second-order valence-electron chi connectivity index (χ2n) is 4.81. The lowest BCUT2D eigenvalue weighted by Crippen LogP contribution is -2.21. The van der Waals surface area contributed by atoms with Crippen LogP contribution in [0.5, 0.6) is 0 Å². The average molecular weight is 337 g/mol. The predicted octanol–water partition coefficient (Wildman–Crippen LogP) is 0.540. The van der Waals surface area contributed by atoms with E-state index in [0.29, 0.717) is 0 Å². The summed E-state index contributed by atoms with van der Waals surface area (Å²) in [6.45, 7) is 1.99. The average Bonchev–Trinajstić information content (AvgIpc) is 2.78. The molecule has 3 rings (SSSR count). The van der Waals surface area contributed by atoms with Gasteiger partial charge in [-0.05, 0) is 19.1 Å². The van der Waals surface area contributed by atoms with E-state index in [1.807, 2.05) is 0 Å². The number of fused-ring (bicyclic) bond motifs is 1. The van der Waals surface area contributed by atoms with E-state index in [0.717, 1.165) is 12.5 Å². The highest BCUT2D eigenvalue weighted by Gasteiger charge is 2.20. The van der Waals surface area contributed by atoms with E-state index in [-0.39, 0.29) is 23.4 Å². The van der Waals surface area contributed by atoms with Crippen molar-refractivity contribution in [2.24, 2.45) is 0 Å². The fraction of sp³-hybridized carbons (Fsp3) is 0.231. The van der Waals surface area contributed by atoms with Crippen LogP contribution < -0.4 is 5.56 Å². The molecule has 0 aromatic carbocycles. The summed E-state index contributed by atoms with van der Waals surface area (Å²) in [6, 6.07) is 4.10. The van der Waals surface area contributed by atoms with Crippen LogP contribution in [0.4, 0.5) is 4.39 Å². The fourth-order valence-electron chi connectivity index (χ4n) is 2.23. The Kier molecular flexibility index (Phi) is 3.48. The number of sulfone groups is 1. The van der Waals surface area contributed by atoms with E-state index in [2.05, 4.69) is 15.0 Å². The van der Waals surface area contributed by atoms with Crippen LogP contribution in [0.15, 0.2) is 34.3 Å². The van der Waals surface area contributed by atoms with E-state index in [1.54, 1.807) is 6.92 Å². The molecule has 23 heavy (non-hydrogen) atoms. The molecule has 0 fully saturated rings. The van der Waals surface area contributed by atoms with Crippen LogP contribution >= 0.6 is 0 Å². The normalized spacial score (nSPS) is 12.0. The van der Waals surface area contributed by atoms with Crippen LogP contribution in [-0.2, 0) is 16.4 Å². The molecular weight excluding hydrogens is 325 g/mol. The van der Waals surface area contributed by atoms with E-state index < -0.39 is 26.5 Å².